The lowest BCUT2D eigenvalue weighted by molar-refractivity contribution is -0.118. The molecule has 144 valence electrons. The van der Waals surface area contributed by atoms with Gasteiger partial charge in [-0.3, -0.25) is 19.7 Å². The van der Waals surface area contributed by atoms with Gasteiger partial charge in [0.25, 0.3) is 0 Å². The fourth-order valence-electron chi connectivity index (χ4n) is 3.93. The van der Waals surface area contributed by atoms with Crippen molar-refractivity contribution in [3.8, 4) is 0 Å². The number of aryl methyl sites for hydroxylation is 3. The maximum absolute atomic E-state index is 11.2. The minimum absolute atomic E-state index is 0.0299. The van der Waals surface area contributed by atoms with Crippen LogP contribution >= 0.6 is 0 Å². The Balaban J connectivity index is 1.80. The molecule has 2 aromatic heterocycles. The molecule has 1 atom stereocenters. The summed E-state index contributed by atoms with van der Waals surface area (Å²) in [7, 11) is 0. The number of hydrogen-bond donors (Lipinski definition) is 1. The zero-order valence-electron chi connectivity index (χ0n) is 16.7. The van der Waals surface area contributed by atoms with Crippen LogP contribution in [0.3, 0.4) is 0 Å². The number of aromatic nitrogens is 2. The van der Waals surface area contributed by atoms with Gasteiger partial charge in [0, 0.05) is 39.0 Å². The SMILES string of the molecule is CC(=O)NCCCN(Cc1ncc(C)cc1C)C1CCCc2cccnc21. The van der Waals surface area contributed by atoms with E-state index in [2.05, 4.69) is 36.2 Å². The number of rotatable bonds is 7. The number of hydrogen-bond acceptors (Lipinski definition) is 4. The van der Waals surface area contributed by atoms with Crippen LogP contribution in [0.1, 0.15) is 60.3 Å². The summed E-state index contributed by atoms with van der Waals surface area (Å²) < 4.78 is 0. The molecule has 3 rings (SSSR count). The number of carbonyl (C=O) groups excluding carboxylic acids is 1. The van der Waals surface area contributed by atoms with Crippen LogP contribution < -0.4 is 5.32 Å². The van der Waals surface area contributed by atoms with E-state index < -0.39 is 0 Å². The first-order valence-electron chi connectivity index (χ1n) is 9.89. The van der Waals surface area contributed by atoms with E-state index in [1.165, 1.54) is 28.8 Å². The summed E-state index contributed by atoms with van der Waals surface area (Å²) in [6.45, 7) is 8.21. The Kier molecular flexibility index (Phi) is 6.56. The number of amides is 1. The molecule has 0 bridgehead atoms. The third-order valence-corrected chi connectivity index (χ3v) is 5.28. The van der Waals surface area contributed by atoms with Crippen molar-refractivity contribution in [2.24, 2.45) is 0 Å². The van der Waals surface area contributed by atoms with Crippen LogP contribution in [0, 0.1) is 13.8 Å². The van der Waals surface area contributed by atoms with Crippen molar-refractivity contribution in [3.63, 3.8) is 0 Å². The summed E-state index contributed by atoms with van der Waals surface area (Å²) in [6.07, 6.45) is 8.19. The second-order valence-electron chi connectivity index (χ2n) is 7.54. The summed E-state index contributed by atoms with van der Waals surface area (Å²) >= 11 is 0. The zero-order chi connectivity index (χ0) is 19.2. The quantitative estimate of drug-likeness (QED) is 0.762. The Hall–Kier alpha value is -2.27. The highest BCUT2D eigenvalue weighted by atomic mass is 16.1. The highest BCUT2D eigenvalue weighted by molar-refractivity contribution is 5.72. The summed E-state index contributed by atoms with van der Waals surface area (Å²) in [6, 6.07) is 6.76. The van der Waals surface area contributed by atoms with E-state index in [-0.39, 0.29) is 5.91 Å². The summed E-state index contributed by atoms with van der Waals surface area (Å²) in [5.41, 5.74) is 6.14. The van der Waals surface area contributed by atoms with Crippen molar-refractivity contribution >= 4 is 5.91 Å². The molecule has 0 spiro atoms. The Morgan fingerprint density at radius 3 is 2.96 bits per heavy atom. The summed E-state index contributed by atoms with van der Waals surface area (Å²) in [4.78, 5) is 23.1. The number of nitrogens with one attached hydrogen (secondary N) is 1. The first-order valence-corrected chi connectivity index (χ1v) is 9.89. The average Bonchev–Trinajstić information content (AvgIpc) is 2.65. The molecule has 1 unspecified atom stereocenters. The van der Waals surface area contributed by atoms with Crippen molar-refractivity contribution in [1.82, 2.24) is 20.2 Å². The van der Waals surface area contributed by atoms with Gasteiger partial charge < -0.3 is 5.32 Å². The molecular weight excluding hydrogens is 336 g/mol. The first kappa shape index (κ1) is 19.5. The summed E-state index contributed by atoms with van der Waals surface area (Å²) in [5, 5.41) is 2.91. The maximum atomic E-state index is 11.2. The molecule has 0 saturated carbocycles. The van der Waals surface area contributed by atoms with Gasteiger partial charge in [0.2, 0.25) is 5.91 Å². The molecule has 2 heterocycles. The third-order valence-electron chi connectivity index (χ3n) is 5.28. The van der Waals surface area contributed by atoms with E-state index in [4.69, 9.17) is 9.97 Å². The van der Waals surface area contributed by atoms with Gasteiger partial charge in [-0.25, -0.2) is 0 Å². The Morgan fingerprint density at radius 1 is 1.33 bits per heavy atom. The van der Waals surface area contributed by atoms with E-state index in [0.29, 0.717) is 12.6 Å². The fourth-order valence-corrected chi connectivity index (χ4v) is 3.93. The largest absolute Gasteiger partial charge is 0.356 e. The third kappa shape index (κ3) is 5.13. The van der Waals surface area contributed by atoms with Gasteiger partial charge in [0.15, 0.2) is 0 Å². The lowest BCUT2D eigenvalue weighted by Gasteiger charge is -2.35. The van der Waals surface area contributed by atoms with Gasteiger partial charge in [0.1, 0.15) is 0 Å². The predicted molar refractivity (Wildman–Crippen MR) is 107 cm³/mol. The Morgan fingerprint density at radius 2 is 2.19 bits per heavy atom. The van der Waals surface area contributed by atoms with Crippen molar-refractivity contribution in [3.05, 3.63) is 58.7 Å². The van der Waals surface area contributed by atoms with Gasteiger partial charge in [0.05, 0.1) is 17.4 Å². The number of carbonyl (C=O) groups is 1. The second-order valence-corrected chi connectivity index (χ2v) is 7.54. The lowest BCUT2D eigenvalue weighted by atomic mass is 9.90. The summed E-state index contributed by atoms with van der Waals surface area (Å²) in [5.74, 6) is 0.0299. The molecule has 0 radical (unpaired) electrons. The van der Waals surface area contributed by atoms with Crippen LogP contribution in [-0.2, 0) is 17.8 Å². The molecule has 0 aliphatic heterocycles. The van der Waals surface area contributed by atoms with E-state index in [1.54, 1.807) is 6.92 Å². The second kappa shape index (κ2) is 9.09. The fraction of sp³-hybridized carbons (Fsp3) is 0.500. The molecule has 1 N–H and O–H groups in total. The number of nitrogens with zero attached hydrogens (tertiary/aromatic N) is 3. The minimum Gasteiger partial charge on any atom is -0.356 e. The van der Waals surface area contributed by atoms with Gasteiger partial charge in [-0.1, -0.05) is 12.1 Å². The average molecular weight is 367 g/mol. The maximum Gasteiger partial charge on any atom is 0.216 e. The molecule has 2 aromatic rings. The molecule has 1 aliphatic carbocycles. The Bertz CT molecular complexity index is 790. The van der Waals surface area contributed by atoms with E-state index in [0.717, 1.165) is 38.0 Å². The smallest absolute Gasteiger partial charge is 0.216 e. The molecule has 0 saturated heterocycles. The van der Waals surface area contributed by atoms with Gasteiger partial charge in [-0.05, 0) is 62.3 Å². The topological polar surface area (TPSA) is 58.1 Å². The Labute approximate surface area is 162 Å². The normalized spacial score (nSPS) is 16.2. The van der Waals surface area contributed by atoms with E-state index in [1.807, 2.05) is 18.5 Å². The van der Waals surface area contributed by atoms with Crippen molar-refractivity contribution in [1.29, 1.82) is 0 Å². The molecular formula is C22H30N4O. The van der Waals surface area contributed by atoms with Crippen molar-refractivity contribution in [2.45, 2.75) is 59.0 Å². The zero-order valence-corrected chi connectivity index (χ0v) is 16.7. The van der Waals surface area contributed by atoms with Gasteiger partial charge >= 0.3 is 0 Å². The number of fused-ring (bicyclic) bond motifs is 1. The van der Waals surface area contributed by atoms with Crippen molar-refractivity contribution in [2.75, 3.05) is 13.1 Å². The highest BCUT2D eigenvalue weighted by Gasteiger charge is 2.27. The van der Waals surface area contributed by atoms with Crippen LogP contribution in [0.2, 0.25) is 0 Å². The van der Waals surface area contributed by atoms with Crippen LogP contribution in [0.5, 0.6) is 0 Å². The lowest BCUT2D eigenvalue weighted by Crippen LogP contribution is -2.34. The molecule has 0 aromatic carbocycles. The van der Waals surface area contributed by atoms with Gasteiger partial charge in [-0.15, -0.1) is 0 Å². The minimum atomic E-state index is 0.0299. The molecule has 5 heteroatoms. The molecule has 0 fully saturated rings. The van der Waals surface area contributed by atoms with E-state index in [9.17, 15) is 4.79 Å². The predicted octanol–water partition coefficient (Wildman–Crippen LogP) is 3.50. The monoisotopic (exact) mass is 366 g/mol. The van der Waals surface area contributed by atoms with Crippen LogP contribution in [0.4, 0.5) is 0 Å². The molecule has 27 heavy (non-hydrogen) atoms. The first-order chi connectivity index (χ1) is 13.0. The number of pyridine rings is 2. The highest BCUT2D eigenvalue weighted by Crippen LogP contribution is 2.33. The van der Waals surface area contributed by atoms with Crippen LogP contribution in [0.15, 0.2) is 30.6 Å². The van der Waals surface area contributed by atoms with Gasteiger partial charge in [-0.2, -0.15) is 0 Å². The van der Waals surface area contributed by atoms with E-state index >= 15 is 0 Å². The van der Waals surface area contributed by atoms with Crippen LogP contribution in [-0.4, -0.2) is 33.9 Å². The molecule has 5 nitrogen and oxygen atoms in total. The molecule has 1 aliphatic rings. The molecule has 1 amide bonds. The van der Waals surface area contributed by atoms with Crippen LogP contribution in [0.25, 0.3) is 0 Å². The van der Waals surface area contributed by atoms with Crippen molar-refractivity contribution < 1.29 is 4.79 Å². The standard InChI is InChI=1S/C22H30N4O/c1-16-13-17(2)20(25-14-16)15-26(12-6-11-23-18(3)27)21-9-4-7-19-8-5-10-24-22(19)21/h5,8,10,13-14,21H,4,6-7,9,11-12,15H2,1-3H3,(H,23,27).